The summed E-state index contributed by atoms with van der Waals surface area (Å²) in [7, 11) is 0. The third-order valence-corrected chi connectivity index (χ3v) is 3.68. The van der Waals surface area contributed by atoms with E-state index < -0.39 is 59.0 Å². The first-order valence-electron chi connectivity index (χ1n) is 7.35. The number of halogens is 7. The van der Waals surface area contributed by atoms with Crippen molar-refractivity contribution in [2.75, 3.05) is 11.9 Å². The van der Waals surface area contributed by atoms with Crippen LogP contribution in [0.3, 0.4) is 0 Å². The van der Waals surface area contributed by atoms with E-state index in [4.69, 9.17) is 5.73 Å². The Morgan fingerprint density at radius 3 is 2.32 bits per heavy atom. The van der Waals surface area contributed by atoms with Crippen molar-refractivity contribution >= 4 is 17.5 Å². The third-order valence-electron chi connectivity index (χ3n) is 3.68. The lowest BCUT2D eigenvalue weighted by atomic mass is 9.80. The van der Waals surface area contributed by atoms with E-state index in [0.717, 1.165) is 18.2 Å². The molecule has 0 aromatic heterocycles. The Bertz CT molecular complexity index is 864. The Kier molecular flexibility index (Phi) is 5.55. The summed E-state index contributed by atoms with van der Waals surface area (Å²) in [5.74, 6) is -9.85. The molecule has 0 fully saturated rings. The molecule has 12 heteroatoms. The Morgan fingerprint density at radius 2 is 1.75 bits per heavy atom. The molecule has 0 spiro atoms. The fourth-order valence-electron chi connectivity index (χ4n) is 2.48. The van der Waals surface area contributed by atoms with Crippen molar-refractivity contribution in [3.8, 4) is 0 Å². The number of hydrogen-bond acceptors (Lipinski definition) is 3. The summed E-state index contributed by atoms with van der Waals surface area (Å²) in [5, 5.41) is 1.80. The van der Waals surface area contributed by atoms with Crippen molar-refractivity contribution in [1.82, 2.24) is 0 Å². The normalized spacial score (nSPS) is 21.5. The van der Waals surface area contributed by atoms with Crippen LogP contribution in [0.1, 0.15) is 5.56 Å². The Balaban J connectivity index is 2.43. The highest BCUT2D eigenvalue weighted by atomic mass is 19.4. The monoisotopic (exact) mass is 412 g/mol. The number of nitrogens with two attached hydrogens (primary N) is 1. The van der Waals surface area contributed by atoms with Gasteiger partial charge in [0.1, 0.15) is 18.0 Å². The van der Waals surface area contributed by atoms with E-state index >= 15 is 4.39 Å². The lowest BCUT2D eigenvalue weighted by Crippen LogP contribution is -2.47. The van der Waals surface area contributed by atoms with E-state index in [1.54, 1.807) is 5.32 Å². The van der Waals surface area contributed by atoms with Gasteiger partial charge in [0.2, 0.25) is 5.67 Å². The highest BCUT2D eigenvalue weighted by Gasteiger charge is 2.62. The van der Waals surface area contributed by atoms with E-state index in [0.29, 0.717) is 0 Å². The van der Waals surface area contributed by atoms with E-state index in [-0.39, 0.29) is 12.2 Å². The number of benzene rings is 1. The highest BCUT2D eigenvalue weighted by Crippen LogP contribution is 2.52. The van der Waals surface area contributed by atoms with Crippen LogP contribution in [0.2, 0.25) is 0 Å². The van der Waals surface area contributed by atoms with Crippen molar-refractivity contribution in [3.63, 3.8) is 0 Å². The minimum absolute atomic E-state index is 0.117. The molecular weight excluding hydrogens is 401 g/mol. The van der Waals surface area contributed by atoms with Gasteiger partial charge in [-0.1, -0.05) is 18.2 Å². The zero-order valence-corrected chi connectivity index (χ0v) is 13.6. The summed E-state index contributed by atoms with van der Waals surface area (Å²) in [6, 6.07) is 3.95. The topological polar surface area (TPSA) is 81.4 Å². The van der Waals surface area contributed by atoms with Crippen molar-refractivity contribution < 1.29 is 45.1 Å². The van der Waals surface area contributed by atoms with Crippen LogP contribution in [0.4, 0.5) is 36.4 Å². The van der Waals surface area contributed by atoms with E-state index in [9.17, 15) is 35.9 Å². The molecule has 2 amide bonds. The fraction of sp³-hybridized carbons (Fsp3) is 0.250. The summed E-state index contributed by atoms with van der Waals surface area (Å²) in [4.78, 5) is 22.8. The van der Waals surface area contributed by atoms with Crippen LogP contribution in [0, 0.1) is 0 Å². The number of para-hydroxylation sites is 1. The van der Waals surface area contributed by atoms with Gasteiger partial charge in [-0.15, -0.1) is 13.2 Å². The van der Waals surface area contributed by atoms with Gasteiger partial charge in [0.05, 0.1) is 0 Å². The molecule has 0 heterocycles. The Labute approximate surface area is 152 Å². The van der Waals surface area contributed by atoms with Crippen molar-refractivity contribution in [2.24, 2.45) is 5.73 Å². The second-order valence-corrected chi connectivity index (χ2v) is 5.53. The number of rotatable bonds is 5. The third kappa shape index (κ3) is 4.01. The van der Waals surface area contributed by atoms with Crippen LogP contribution in [0.25, 0.3) is 0 Å². The maximum absolute atomic E-state index is 15.3. The minimum Gasteiger partial charge on any atom is -0.366 e. The van der Waals surface area contributed by atoms with Crippen LogP contribution in [-0.2, 0) is 20.0 Å². The number of ether oxygens (including phenoxy) is 1. The van der Waals surface area contributed by atoms with Crippen LogP contribution in [0.15, 0.2) is 47.8 Å². The molecule has 5 nitrogen and oxygen atoms in total. The summed E-state index contributed by atoms with van der Waals surface area (Å²) in [5.41, 5.74) is -2.61. The summed E-state index contributed by atoms with van der Waals surface area (Å²) in [6.45, 7) is -1.52. The molecule has 3 N–H and O–H groups in total. The highest BCUT2D eigenvalue weighted by molar-refractivity contribution is 5.96. The zero-order valence-electron chi connectivity index (χ0n) is 13.6. The predicted octanol–water partition coefficient (Wildman–Crippen LogP) is 3.24. The number of hydrogen-bond donors (Lipinski definition) is 2. The van der Waals surface area contributed by atoms with Crippen LogP contribution < -0.4 is 11.1 Å². The largest absolute Gasteiger partial charge is 0.523 e. The van der Waals surface area contributed by atoms with Crippen molar-refractivity contribution in [3.05, 3.63) is 53.4 Å². The Hall–Kier alpha value is -2.89. The molecular formula is C16H11F7N2O3. The number of alkyl halides is 6. The number of carbonyl (C=O) groups excluding carboxylic acids is 2. The Morgan fingerprint density at radius 1 is 1.14 bits per heavy atom. The van der Waals surface area contributed by atoms with Gasteiger partial charge in [0.15, 0.2) is 0 Å². The summed E-state index contributed by atoms with van der Waals surface area (Å²) < 4.78 is 97.5. The van der Waals surface area contributed by atoms with E-state index in [2.05, 4.69) is 4.74 Å². The molecule has 1 atom stereocenters. The molecule has 1 aliphatic carbocycles. The second-order valence-electron chi connectivity index (χ2n) is 5.53. The number of nitrogens with one attached hydrogen (secondary N) is 1. The SMILES string of the molecule is NC(=O)C1=C(F)C=CC(F)(c2ccccc2NC(=O)COC(F)(F)F)C1(F)F. The molecule has 152 valence electrons. The fourth-order valence-corrected chi connectivity index (χ4v) is 2.48. The molecule has 0 aliphatic heterocycles. The summed E-state index contributed by atoms with van der Waals surface area (Å²) >= 11 is 0. The maximum atomic E-state index is 15.3. The molecule has 1 aliphatic rings. The average Bonchev–Trinajstić information content (AvgIpc) is 2.56. The zero-order chi connectivity index (χ0) is 21.3. The van der Waals surface area contributed by atoms with Crippen LogP contribution >= 0.6 is 0 Å². The second kappa shape index (κ2) is 7.26. The number of allylic oxidation sites excluding steroid dienone is 3. The van der Waals surface area contributed by atoms with E-state index in [1.165, 1.54) is 6.07 Å². The van der Waals surface area contributed by atoms with Gasteiger partial charge < -0.3 is 11.1 Å². The molecule has 0 radical (unpaired) electrons. The summed E-state index contributed by atoms with van der Waals surface area (Å²) in [6.07, 6.45) is -4.75. The number of carbonyl (C=O) groups is 2. The van der Waals surface area contributed by atoms with Gasteiger partial charge in [-0.05, 0) is 18.2 Å². The molecule has 2 rings (SSSR count). The van der Waals surface area contributed by atoms with Gasteiger partial charge in [0, 0.05) is 11.3 Å². The van der Waals surface area contributed by atoms with E-state index in [1.807, 2.05) is 0 Å². The average molecular weight is 412 g/mol. The van der Waals surface area contributed by atoms with Crippen molar-refractivity contribution in [2.45, 2.75) is 18.0 Å². The van der Waals surface area contributed by atoms with Crippen LogP contribution in [0.5, 0.6) is 0 Å². The van der Waals surface area contributed by atoms with Gasteiger partial charge >= 0.3 is 12.3 Å². The molecule has 1 unspecified atom stereocenters. The van der Waals surface area contributed by atoms with Gasteiger partial charge in [0.25, 0.3) is 11.8 Å². The molecule has 28 heavy (non-hydrogen) atoms. The molecule has 1 aromatic rings. The quantitative estimate of drug-likeness (QED) is 0.729. The number of amides is 2. The lowest BCUT2D eigenvalue weighted by molar-refractivity contribution is -0.320. The predicted molar refractivity (Wildman–Crippen MR) is 81.3 cm³/mol. The first-order valence-corrected chi connectivity index (χ1v) is 7.35. The van der Waals surface area contributed by atoms with Crippen molar-refractivity contribution in [1.29, 1.82) is 0 Å². The van der Waals surface area contributed by atoms with Gasteiger partial charge in [-0.2, -0.15) is 8.78 Å². The maximum Gasteiger partial charge on any atom is 0.523 e. The first-order chi connectivity index (χ1) is 12.8. The van der Waals surface area contributed by atoms with Crippen LogP contribution in [-0.4, -0.2) is 30.7 Å². The standard InChI is InChI=1S/C16H11F7N2O3/c17-9-5-6-14(18,15(19,20)12(9)13(24)27)8-3-1-2-4-10(8)25-11(26)7-28-16(21,22)23/h1-6H,7H2,(H2,24,27)(H,25,26). The number of primary amides is 1. The first kappa shape index (κ1) is 21.4. The smallest absolute Gasteiger partial charge is 0.366 e. The minimum atomic E-state index is -5.13. The molecule has 1 aromatic carbocycles. The lowest BCUT2D eigenvalue weighted by Gasteiger charge is -2.35. The number of anilines is 1. The van der Waals surface area contributed by atoms with Gasteiger partial charge in [-0.3, -0.25) is 14.3 Å². The molecule has 0 saturated carbocycles. The molecule has 0 bridgehead atoms. The molecule has 0 saturated heterocycles. The van der Waals surface area contributed by atoms with Gasteiger partial charge in [-0.25, -0.2) is 8.78 Å².